The zero-order valence-corrected chi connectivity index (χ0v) is 10.0. The van der Waals surface area contributed by atoms with Crippen LogP contribution >= 0.6 is 0 Å². The third-order valence-electron chi connectivity index (χ3n) is 2.78. The van der Waals surface area contributed by atoms with Crippen molar-refractivity contribution in [3.05, 3.63) is 59.4 Å². The van der Waals surface area contributed by atoms with Crippen LogP contribution in [-0.4, -0.2) is 5.91 Å². The molecule has 0 radical (unpaired) electrons. The monoisotopic (exact) mass is 283 g/mol. The highest BCUT2D eigenvalue weighted by Gasteiger charge is 2.29. The molecule has 0 saturated carbocycles. The van der Waals surface area contributed by atoms with Gasteiger partial charge in [-0.2, -0.15) is 13.2 Å². The van der Waals surface area contributed by atoms with Gasteiger partial charge in [-0.3, -0.25) is 4.79 Å². The summed E-state index contributed by atoms with van der Waals surface area (Å²) < 4.78 is 50.8. The van der Waals surface area contributed by atoms with Crippen LogP contribution in [0, 0.1) is 5.82 Å². The summed E-state index contributed by atoms with van der Waals surface area (Å²) in [5.41, 5.74) is 4.69. The van der Waals surface area contributed by atoms with Gasteiger partial charge >= 0.3 is 6.18 Å². The lowest BCUT2D eigenvalue weighted by Gasteiger charge is -2.08. The third-order valence-corrected chi connectivity index (χ3v) is 2.78. The van der Waals surface area contributed by atoms with Crippen LogP contribution in [0.1, 0.15) is 15.9 Å². The third kappa shape index (κ3) is 2.79. The molecule has 0 aliphatic carbocycles. The molecule has 2 N–H and O–H groups in total. The Hall–Kier alpha value is -2.37. The first-order chi connectivity index (χ1) is 9.29. The van der Waals surface area contributed by atoms with Crippen molar-refractivity contribution >= 4 is 5.91 Å². The van der Waals surface area contributed by atoms with Gasteiger partial charge in [0.2, 0.25) is 0 Å². The molecule has 104 valence electrons. The summed E-state index contributed by atoms with van der Waals surface area (Å²) >= 11 is 0. The van der Waals surface area contributed by atoms with Gasteiger partial charge in [-0.15, -0.1) is 0 Å². The molecular weight excluding hydrogens is 274 g/mol. The van der Waals surface area contributed by atoms with Crippen LogP contribution in [0.5, 0.6) is 0 Å². The molecular formula is C14H9F4NO. The van der Waals surface area contributed by atoms with E-state index in [1.54, 1.807) is 0 Å². The number of alkyl halides is 3. The summed E-state index contributed by atoms with van der Waals surface area (Å²) in [5, 5.41) is 0. The molecule has 20 heavy (non-hydrogen) atoms. The molecule has 0 unspecified atom stereocenters. The number of carbonyl (C=O) groups excluding carboxylic acids is 1. The van der Waals surface area contributed by atoms with Crippen molar-refractivity contribution in [1.29, 1.82) is 0 Å². The fourth-order valence-electron chi connectivity index (χ4n) is 1.75. The average Bonchev–Trinajstić information content (AvgIpc) is 2.37. The SMILES string of the molecule is NC(=O)c1ccc(-c2ccc(C(F)(F)F)cc2)cc1F. The number of rotatable bonds is 2. The second-order valence-corrected chi connectivity index (χ2v) is 4.13. The fourth-order valence-corrected chi connectivity index (χ4v) is 1.75. The highest BCUT2D eigenvalue weighted by Crippen LogP contribution is 2.31. The van der Waals surface area contributed by atoms with E-state index in [9.17, 15) is 22.4 Å². The minimum absolute atomic E-state index is 0.263. The van der Waals surface area contributed by atoms with Gasteiger partial charge in [0.05, 0.1) is 11.1 Å². The Kier molecular flexibility index (Phi) is 3.48. The van der Waals surface area contributed by atoms with E-state index in [-0.39, 0.29) is 5.56 Å². The van der Waals surface area contributed by atoms with E-state index in [1.165, 1.54) is 24.3 Å². The minimum atomic E-state index is -4.42. The molecule has 0 atom stereocenters. The summed E-state index contributed by atoms with van der Waals surface area (Å²) in [5.74, 6) is -1.71. The predicted octanol–water partition coefficient (Wildman–Crippen LogP) is 3.61. The van der Waals surface area contributed by atoms with Crippen molar-refractivity contribution in [2.24, 2.45) is 5.73 Å². The lowest BCUT2D eigenvalue weighted by atomic mass is 10.0. The van der Waals surface area contributed by atoms with E-state index in [4.69, 9.17) is 5.73 Å². The van der Waals surface area contributed by atoms with Gasteiger partial charge in [-0.1, -0.05) is 18.2 Å². The smallest absolute Gasteiger partial charge is 0.366 e. The van der Waals surface area contributed by atoms with Crippen LogP contribution in [0.15, 0.2) is 42.5 Å². The molecule has 0 bridgehead atoms. The number of carbonyl (C=O) groups is 1. The van der Waals surface area contributed by atoms with Crippen LogP contribution in [0.25, 0.3) is 11.1 Å². The summed E-state index contributed by atoms with van der Waals surface area (Å²) in [6, 6.07) is 7.98. The largest absolute Gasteiger partial charge is 0.416 e. The first-order valence-corrected chi connectivity index (χ1v) is 5.56. The number of halogens is 4. The van der Waals surface area contributed by atoms with Gasteiger partial charge in [-0.25, -0.2) is 4.39 Å². The normalized spacial score (nSPS) is 11.4. The molecule has 0 heterocycles. The molecule has 0 saturated heterocycles. The van der Waals surface area contributed by atoms with Crippen molar-refractivity contribution in [2.75, 3.05) is 0 Å². The second-order valence-electron chi connectivity index (χ2n) is 4.13. The van der Waals surface area contributed by atoms with E-state index >= 15 is 0 Å². The lowest BCUT2D eigenvalue weighted by Crippen LogP contribution is -2.12. The quantitative estimate of drug-likeness (QED) is 0.841. The highest BCUT2D eigenvalue weighted by molar-refractivity contribution is 5.93. The van der Waals surface area contributed by atoms with E-state index in [2.05, 4.69) is 0 Å². The van der Waals surface area contributed by atoms with Gasteiger partial charge in [0, 0.05) is 0 Å². The van der Waals surface area contributed by atoms with Crippen LogP contribution in [0.4, 0.5) is 17.6 Å². The van der Waals surface area contributed by atoms with E-state index in [1.807, 2.05) is 0 Å². The molecule has 0 aliphatic rings. The number of benzene rings is 2. The molecule has 2 nitrogen and oxygen atoms in total. The number of primary amides is 1. The molecule has 0 aliphatic heterocycles. The number of hydrogen-bond donors (Lipinski definition) is 1. The van der Waals surface area contributed by atoms with Gasteiger partial charge < -0.3 is 5.73 Å². The standard InChI is InChI=1S/C14H9F4NO/c15-12-7-9(3-6-11(12)13(19)20)8-1-4-10(5-2-8)14(16,17)18/h1-7H,(H2,19,20). The predicted molar refractivity (Wildman–Crippen MR) is 65.4 cm³/mol. The number of amides is 1. The second kappa shape index (κ2) is 4.96. The van der Waals surface area contributed by atoms with Gasteiger partial charge in [-0.05, 0) is 35.4 Å². The van der Waals surface area contributed by atoms with Crippen molar-refractivity contribution < 1.29 is 22.4 Å². The summed E-state index contributed by atoms with van der Waals surface area (Å²) in [7, 11) is 0. The zero-order chi connectivity index (χ0) is 14.9. The first kappa shape index (κ1) is 14.0. The lowest BCUT2D eigenvalue weighted by molar-refractivity contribution is -0.137. The van der Waals surface area contributed by atoms with Crippen molar-refractivity contribution in [2.45, 2.75) is 6.18 Å². The van der Waals surface area contributed by atoms with Gasteiger partial charge in [0.15, 0.2) is 0 Å². The highest BCUT2D eigenvalue weighted by atomic mass is 19.4. The Labute approximate surface area is 111 Å². The molecule has 2 aromatic rings. The molecule has 2 rings (SSSR count). The average molecular weight is 283 g/mol. The minimum Gasteiger partial charge on any atom is -0.366 e. The van der Waals surface area contributed by atoms with Crippen molar-refractivity contribution in [1.82, 2.24) is 0 Å². The maximum atomic E-state index is 13.6. The molecule has 0 aromatic heterocycles. The Morgan fingerprint density at radius 3 is 1.95 bits per heavy atom. The van der Waals surface area contributed by atoms with Crippen LogP contribution in [0.3, 0.4) is 0 Å². The Balaban J connectivity index is 2.37. The van der Waals surface area contributed by atoms with Gasteiger partial charge in [0.1, 0.15) is 5.82 Å². The molecule has 0 spiro atoms. The molecule has 6 heteroatoms. The van der Waals surface area contributed by atoms with Crippen LogP contribution < -0.4 is 5.73 Å². The summed E-state index contributed by atoms with van der Waals surface area (Å²) in [4.78, 5) is 10.9. The van der Waals surface area contributed by atoms with Crippen molar-refractivity contribution in [3.63, 3.8) is 0 Å². The number of nitrogens with two attached hydrogens (primary N) is 1. The van der Waals surface area contributed by atoms with Crippen molar-refractivity contribution in [3.8, 4) is 11.1 Å². The topological polar surface area (TPSA) is 43.1 Å². The summed E-state index contributed by atoms with van der Waals surface area (Å²) in [6.07, 6.45) is -4.42. The maximum absolute atomic E-state index is 13.6. The number of hydrogen-bond acceptors (Lipinski definition) is 1. The molecule has 2 aromatic carbocycles. The van der Waals surface area contributed by atoms with E-state index in [0.29, 0.717) is 11.1 Å². The Morgan fingerprint density at radius 2 is 1.50 bits per heavy atom. The molecule has 1 amide bonds. The van der Waals surface area contributed by atoms with E-state index < -0.39 is 23.5 Å². The van der Waals surface area contributed by atoms with Crippen LogP contribution in [-0.2, 0) is 6.18 Å². The van der Waals surface area contributed by atoms with E-state index in [0.717, 1.165) is 18.2 Å². The fraction of sp³-hybridized carbons (Fsp3) is 0.0714. The summed E-state index contributed by atoms with van der Waals surface area (Å²) in [6.45, 7) is 0. The van der Waals surface area contributed by atoms with Crippen LogP contribution in [0.2, 0.25) is 0 Å². The first-order valence-electron chi connectivity index (χ1n) is 5.56. The maximum Gasteiger partial charge on any atom is 0.416 e. The Bertz CT molecular complexity index is 647. The Morgan fingerprint density at radius 1 is 0.950 bits per heavy atom. The van der Waals surface area contributed by atoms with Gasteiger partial charge in [0.25, 0.3) is 5.91 Å². The zero-order valence-electron chi connectivity index (χ0n) is 10.0. The molecule has 0 fully saturated rings.